The van der Waals surface area contributed by atoms with Crippen LogP contribution in [0.25, 0.3) is 0 Å². The van der Waals surface area contributed by atoms with E-state index in [4.69, 9.17) is 9.47 Å². The van der Waals surface area contributed by atoms with E-state index in [2.05, 4.69) is 15.8 Å². The summed E-state index contributed by atoms with van der Waals surface area (Å²) < 4.78 is 10.1. The van der Waals surface area contributed by atoms with Crippen molar-refractivity contribution in [1.82, 2.24) is 5.43 Å². The Bertz CT molecular complexity index is 1140. The first kappa shape index (κ1) is 23.2. The Hall–Kier alpha value is -4.46. The van der Waals surface area contributed by atoms with Crippen LogP contribution in [0.1, 0.15) is 31.8 Å². The van der Waals surface area contributed by atoms with Crippen molar-refractivity contribution in [3.63, 3.8) is 0 Å². The minimum Gasteiger partial charge on any atom is -0.497 e. The predicted octanol–water partition coefficient (Wildman–Crippen LogP) is 3.56. The standard InChI is InChI=1S/C25H23N3O5/c1-17-3-11-21(12-4-17)27-23(29)16-33-25(31)20-7-5-18(6-8-20)15-26-28-24(30)19-9-13-22(32-2)14-10-19/h3-15H,16H2,1-2H3,(H,27,29)(H,28,30)/b26-15+. The third-order valence-corrected chi connectivity index (χ3v) is 4.55. The molecule has 0 aliphatic carbocycles. The second-order valence-corrected chi connectivity index (χ2v) is 7.04. The van der Waals surface area contributed by atoms with Gasteiger partial charge in [0.05, 0.1) is 18.9 Å². The quantitative estimate of drug-likeness (QED) is 0.313. The minimum absolute atomic E-state index is 0.289. The first-order chi connectivity index (χ1) is 15.9. The third-order valence-electron chi connectivity index (χ3n) is 4.55. The molecule has 0 aliphatic heterocycles. The molecule has 168 valence electrons. The summed E-state index contributed by atoms with van der Waals surface area (Å²) in [5, 5.41) is 6.58. The van der Waals surface area contributed by atoms with Crippen molar-refractivity contribution in [2.45, 2.75) is 6.92 Å². The van der Waals surface area contributed by atoms with E-state index < -0.39 is 18.5 Å². The van der Waals surface area contributed by atoms with Crippen LogP contribution in [0.3, 0.4) is 0 Å². The van der Waals surface area contributed by atoms with Crippen LogP contribution in [0.4, 0.5) is 5.69 Å². The zero-order valence-corrected chi connectivity index (χ0v) is 18.2. The zero-order valence-electron chi connectivity index (χ0n) is 18.2. The molecule has 3 aromatic carbocycles. The van der Waals surface area contributed by atoms with E-state index in [1.54, 1.807) is 67.8 Å². The van der Waals surface area contributed by atoms with Gasteiger partial charge in [-0.3, -0.25) is 9.59 Å². The molecule has 3 aromatic rings. The van der Waals surface area contributed by atoms with Crippen LogP contribution in [0.15, 0.2) is 77.9 Å². The summed E-state index contributed by atoms with van der Waals surface area (Å²) in [6.07, 6.45) is 1.45. The third kappa shape index (κ3) is 7.03. The number of esters is 1. The Balaban J connectivity index is 1.46. The van der Waals surface area contributed by atoms with Crippen molar-refractivity contribution >= 4 is 29.7 Å². The van der Waals surface area contributed by atoms with Crippen molar-refractivity contribution in [2.75, 3.05) is 19.0 Å². The van der Waals surface area contributed by atoms with Gasteiger partial charge >= 0.3 is 5.97 Å². The highest BCUT2D eigenvalue weighted by Crippen LogP contribution is 2.11. The summed E-state index contributed by atoms with van der Waals surface area (Å²) >= 11 is 0. The number of amides is 2. The molecule has 0 aliphatic rings. The van der Waals surface area contributed by atoms with E-state index in [0.29, 0.717) is 22.6 Å². The zero-order chi connectivity index (χ0) is 23.6. The SMILES string of the molecule is COc1ccc(C(=O)N/N=C/c2ccc(C(=O)OCC(=O)Nc3ccc(C)cc3)cc2)cc1. The fraction of sp³-hybridized carbons (Fsp3) is 0.120. The van der Waals surface area contributed by atoms with Crippen LogP contribution in [0, 0.1) is 6.92 Å². The van der Waals surface area contributed by atoms with E-state index in [9.17, 15) is 14.4 Å². The van der Waals surface area contributed by atoms with Gasteiger partial charge in [0.15, 0.2) is 6.61 Å². The molecule has 0 fully saturated rings. The molecule has 0 atom stereocenters. The summed E-state index contributed by atoms with van der Waals surface area (Å²) in [5.41, 5.74) is 5.53. The normalized spacial score (nSPS) is 10.5. The highest BCUT2D eigenvalue weighted by molar-refractivity contribution is 5.96. The maximum atomic E-state index is 12.2. The smallest absolute Gasteiger partial charge is 0.338 e. The molecule has 0 spiro atoms. The van der Waals surface area contributed by atoms with Crippen molar-refractivity contribution in [3.05, 3.63) is 95.1 Å². The molecular weight excluding hydrogens is 422 g/mol. The van der Waals surface area contributed by atoms with Crippen molar-refractivity contribution in [3.8, 4) is 5.75 Å². The Kier molecular flexibility index (Phi) is 7.91. The number of hydrogen-bond donors (Lipinski definition) is 2. The van der Waals surface area contributed by atoms with Crippen molar-refractivity contribution in [1.29, 1.82) is 0 Å². The maximum absolute atomic E-state index is 12.2. The highest BCUT2D eigenvalue weighted by atomic mass is 16.5. The molecule has 0 bridgehead atoms. The number of rotatable bonds is 8. The number of benzene rings is 3. The van der Waals surface area contributed by atoms with Gasteiger partial charge in [-0.2, -0.15) is 5.10 Å². The van der Waals surface area contributed by atoms with Crippen LogP contribution in [0.2, 0.25) is 0 Å². The molecule has 0 unspecified atom stereocenters. The summed E-state index contributed by atoms with van der Waals surface area (Å²) in [6.45, 7) is 1.55. The first-order valence-corrected chi connectivity index (χ1v) is 10.1. The number of hydrazone groups is 1. The Morgan fingerprint density at radius 3 is 2.15 bits per heavy atom. The van der Waals surface area contributed by atoms with Crippen LogP contribution in [-0.2, 0) is 9.53 Å². The van der Waals surface area contributed by atoms with Gasteiger partial charge in [0.25, 0.3) is 11.8 Å². The molecule has 8 nitrogen and oxygen atoms in total. The van der Waals surface area contributed by atoms with Gasteiger partial charge in [-0.25, -0.2) is 10.2 Å². The van der Waals surface area contributed by atoms with Gasteiger partial charge < -0.3 is 14.8 Å². The van der Waals surface area contributed by atoms with E-state index in [1.807, 2.05) is 19.1 Å². The molecule has 33 heavy (non-hydrogen) atoms. The number of carbonyl (C=O) groups excluding carboxylic acids is 3. The molecule has 2 amide bonds. The lowest BCUT2D eigenvalue weighted by Crippen LogP contribution is -2.20. The van der Waals surface area contributed by atoms with Gasteiger partial charge in [0.1, 0.15) is 5.75 Å². The molecule has 0 saturated carbocycles. The predicted molar refractivity (Wildman–Crippen MR) is 125 cm³/mol. The van der Waals surface area contributed by atoms with E-state index in [1.165, 1.54) is 6.21 Å². The number of ether oxygens (including phenoxy) is 2. The molecule has 0 aromatic heterocycles. The lowest BCUT2D eigenvalue weighted by Gasteiger charge is -2.07. The monoisotopic (exact) mass is 445 g/mol. The average Bonchev–Trinajstić information content (AvgIpc) is 2.84. The first-order valence-electron chi connectivity index (χ1n) is 10.1. The fourth-order valence-corrected chi connectivity index (χ4v) is 2.73. The number of carbonyl (C=O) groups is 3. The van der Waals surface area contributed by atoms with Gasteiger partial charge in [0, 0.05) is 11.3 Å². The average molecular weight is 445 g/mol. The van der Waals surface area contributed by atoms with Crippen LogP contribution in [0.5, 0.6) is 5.75 Å². The highest BCUT2D eigenvalue weighted by Gasteiger charge is 2.10. The maximum Gasteiger partial charge on any atom is 0.338 e. The molecule has 3 rings (SSSR count). The Labute approximate surface area is 191 Å². The molecule has 0 heterocycles. The second-order valence-electron chi connectivity index (χ2n) is 7.04. The van der Waals surface area contributed by atoms with E-state index >= 15 is 0 Å². The minimum atomic E-state index is -0.620. The molecule has 8 heteroatoms. The van der Waals surface area contributed by atoms with Gasteiger partial charge in [-0.1, -0.05) is 29.8 Å². The number of nitrogens with one attached hydrogen (secondary N) is 2. The number of hydrogen-bond acceptors (Lipinski definition) is 6. The van der Waals surface area contributed by atoms with Crippen molar-refractivity contribution in [2.24, 2.45) is 5.10 Å². The van der Waals surface area contributed by atoms with Gasteiger partial charge in [-0.05, 0) is 61.0 Å². The second kappa shape index (κ2) is 11.2. The number of nitrogens with zero attached hydrogens (tertiary/aromatic N) is 1. The fourth-order valence-electron chi connectivity index (χ4n) is 2.73. The number of anilines is 1. The largest absolute Gasteiger partial charge is 0.497 e. The molecule has 0 saturated heterocycles. The lowest BCUT2D eigenvalue weighted by atomic mass is 10.1. The Morgan fingerprint density at radius 2 is 1.52 bits per heavy atom. The summed E-state index contributed by atoms with van der Waals surface area (Å²) in [7, 11) is 1.55. The van der Waals surface area contributed by atoms with Gasteiger partial charge in [-0.15, -0.1) is 0 Å². The summed E-state index contributed by atoms with van der Waals surface area (Å²) in [5.74, 6) is -0.757. The molecular formula is C25H23N3O5. The molecule has 0 radical (unpaired) electrons. The topological polar surface area (TPSA) is 106 Å². The number of aryl methyl sites for hydroxylation is 1. The van der Waals surface area contributed by atoms with Crippen LogP contribution < -0.4 is 15.5 Å². The van der Waals surface area contributed by atoms with Crippen LogP contribution >= 0.6 is 0 Å². The summed E-state index contributed by atoms with van der Waals surface area (Å²) in [4.78, 5) is 36.2. The van der Waals surface area contributed by atoms with Crippen LogP contribution in [-0.4, -0.2) is 37.7 Å². The van der Waals surface area contributed by atoms with E-state index in [0.717, 1.165) is 5.56 Å². The van der Waals surface area contributed by atoms with Gasteiger partial charge in [0.2, 0.25) is 0 Å². The van der Waals surface area contributed by atoms with Crippen molar-refractivity contribution < 1.29 is 23.9 Å². The molecule has 2 N–H and O–H groups in total. The number of methoxy groups -OCH3 is 1. The Morgan fingerprint density at radius 1 is 0.879 bits per heavy atom. The lowest BCUT2D eigenvalue weighted by molar-refractivity contribution is -0.119. The van der Waals surface area contributed by atoms with E-state index in [-0.39, 0.29) is 11.5 Å². The summed E-state index contributed by atoms with van der Waals surface area (Å²) in [6, 6.07) is 20.3.